The number of nitro groups is 1. The summed E-state index contributed by atoms with van der Waals surface area (Å²) in [6, 6.07) is 58.9. The summed E-state index contributed by atoms with van der Waals surface area (Å²) < 4.78 is 11.8. The Kier molecular flexibility index (Phi) is 10.6. The Hall–Kier alpha value is -9.60. The van der Waals surface area contributed by atoms with Gasteiger partial charge in [0.05, 0.1) is 36.2 Å². The van der Waals surface area contributed by atoms with Crippen LogP contribution in [0, 0.1) is 37.8 Å². The zero-order valence-corrected chi connectivity index (χ0v) is 42.2. The summed E-state index contributed by atoms with van der Waals surface area (Å²) in [7, 11) is 3.41. The lowest BCUT2D eigenvalue weighted by molar-refractivity contribution is -0.374. The van der Waals surface area contributed by atoms with Gasteiger partial charge in [0, 0.05) is 61.5 Å². The van der Waals surface area contributed by atoms with Gasteiger partial charge in [-0.3, -0.25) is 10.1 Å². The number of H-pyrrole nitrogens is 2. The van der Waals surface area contributed by atoms with E-state index in [0.29, 0.717) is 16.8 Å². The van der Waals surface area contributed by atoms with E-state index in [0.717, 1.165) is 144 Å². The van der Waals surface area contributed by atoms with E-state index in [1.54, 1.807) is 20.3 Å². The third-order valence-corrected chi connectivity index (χ3v) is 14.9. The molecule has 13 rings (SSSR count). The highest BCUT2D eigenvalue weighted by molar-refractivity contribution is 6.27. The maximum atomic E-state index is 13.5. The number of nitrogens with one attached hydrogen (secondary N) is 2. The molecular formula is C66H49N5O4. The summed E-state index contributed by atoms with van der Waals surface area (Å²) in [5, 5.41) is 19.8. The van der Waals surface area contributed by atoms with Gasteiger partial charge in [0.25, 0.3) is 5.70 Å². The van der Waals surface area contributed by atoms with E-state index < -0.39 is 0 Å². The molecule has 0 saturated heterocycles. The second kappa shape index (κ2) is 17.6. The number of ether oxygens (including phenoxy) is 2. The molecule has 11 aromatic rings. The van der Waals surface area contributed by atoms with E-state index in [-0.39, 0.29) is 16.3 Å². The van der Waals surface area contributed by atoms with E-state index in [4.69, 9.17) is 19.4 Å². The molecule has 5 heterocycles. The van der Waals surface area contributed by atoms with Crippen LogP contribution in [-0.2, 0) is 0 Å². The van der Waals surface area contributed by atoms with E-state index in [2.05, 4.69) is 158 Å². The van der Waals surface area contributed by atoms with Crippen LogP contribution in [0.15, 0.2) is 170 Å². The lowest BCUT2D eigenvalue weighted by Gasteiger charge is -2.15. The number of hydrogen-bond acceptors (Lipinski definition) is 6. The molecule has 2 aliphatic heterocycles. The second-order valence-electron chi connectivity index (χ2n) is 19.7. The number of fused-ring (bicyclic) bond motifs is 17. The summed E-state index contributed by atoms with van der Waals surface area (Å²) in [5.41, 5.74) is 18.2. The fourth-order valence-electron chi connectivity index (χ4n) is 11.1. The Balaban J connectivity index is 1.29. The van der Waals surface area contributed by atoms with Gasteiger partial charge in [-0.1, -0.05) is 131 Å². The van der Waals surface area contributed by atoms with Crippen LogP contribution in [0.1, 0.15) is 33.6 Å². The van der Waals surface area contributed by atoms with Crippen molar-refractivity contribution >= 4 is 66.2 Å². The molecule has 2 N–H and O–H groups in total. The second-order valence-corrected chi connectivity index (χ2v) is 19.7. The largest absolute Gasteiger partial charge is 0.497 e. The Morgan fingerprint density at radius 3 is 1.12 bits per heavy atom. The molecule has 0 saturated carbocycles. The summed E-state index contributed by atoms with van der Waals surface area (Å²) >= 11 is 0. The molecule has 75 heavy (non-hydrogen) atoms. The third-order valence-electron chi connectivity index (χ3n) is 14.9. The van der Waals surface area contributed by atoms with Crippen LogP contribution in [-0.4, -0.2) is 39.1 Å². The van der Waals surface area contributed by atoms with Crippen LogP contribution in [0.4, 0.5) is 0 Å². The SMILES string of the molecule is COc1ccc2c3ccc(OC)cc3c3cc4c(cc3c2c1)-c1nc-4c(-c2ccc(C)cc2)c2ccc([nH]2)c(-c2ccc(C)cc2)c2nc(c(-c3ccc(C)cc3)c3ccc([nH]3)c1-c1ccc(C)cc1)C=C2[N+](=O)[O-]. The smallest absolute Gasteiger partial charge is 0.297 e. The van der Waals surface area contributed by atoms with Gasteiger partial charge in [0.1, 0.15) is 11.5 Å². The fourth-order valence-corrected chi connectivity index (χ4v) is 11.1. The van der Waals surface area contributed by atoms with Crippen molar-refractivity contribution in [2.75, 3.05) is 14.2 Å². The molecule has 9 heteroatoms. The minimum Gasteiger partial charge on any atom is -0.497 e. The number of hydrogen-bond donors (Lipinski definition) is 2. The van der Waals surface area contributed by atoms with Crippen molar-refractivity contribution in [2.45, 2.75) is 27.7 Å². The minimum absolute atomic E-state index is 0.0964. The zero-order valence-electron chi connectivity index (χ0n) is 42.2. The lowest BCUT2D eigenvalue weighted by atomic mass is 9.88. The van der Waals surface area contributed by atoms with Gasteiger partial charge >= 0.3 is 0 Å². The van der Waals surface area contributed by atoms with Crippen molar-refractivity contribution < 1.29 is 14.4 Å². The first-order chi connectivity index (χ1) is 36.5. The predicted molar refractivity (Wildman–Crippen MR) is 307 cm³/mol. The summed E-state index contributed by atoms with van der Waals surface area (Å²) in [4.78, 5) is 32.1. The molecule has 0 radical (unpaired) electrons. The fraction of sp³-hybridized carbons (Fsp3) is 0.0909. The monoisotopic (exact) mass is 975 g/mol. The molecule has 0 spiro atoms. The summed E-state index contributed by atoms with van der Waals surface area (Å²) in [6.45, 7) is 8.27. The van der Waals surface area contributed by atoms with E-state index in [1.807, 2.05) is 49.4 Å². The number of benzene rings is 8. The maximum absolute atomic E-state index is 13.5. The molecule has 362 valence electrons. The quantitative estimate of drug-likeness (QED) is 0.0933. The van der Waals surface area contributed by atoms with Crippen LogP contribution in [0.3, 0.4) is 0 Å². The number of aromatic amines is 2. The van der Waals surface area contributed by atoms with Gasteiger partial charge < -0.3 is 19.4 Å². The van der Waals surface area contributed by atoms with Crippen molar-refractivity contribution in [1.29, 1.82) is 0 Å². The summed E-state index contributed by atoms with van der Waals surface area (Å²) in [6.07, 6.45) is 1.62. The minimum atomic E-state index is -0.317. The predicted octanol–water partition coefficient (Wildman–Crippen LogP) is 16.8. The van der Waals surface area contributed by atoms with E-state index >= 15 is 0 Å². The number of nitrogens with zero attached hydrogens (tertiary/aromatic N) is 3. The number of rotatable bonds is 7. The van der Waals surface area contributed by atoms with Gasteiger partial charge in [-0.25, -0.2) is 9.97 Å². The number of methoxy groups -OCH3 is 2. The van der Waals surface area contributed by atoms with Crippen molar-refractivity contribution in [3.8, 4) is 78.5 Å². The highest BCUT2D eigenvalue weighted by atomic mass is 16.6. The van der Waals surface area contributed by atoms with Gasteiger partial charge in [0.2, 0.25) is 0 Å². The first kappa shape index (κ1) is 45.3. The Bertz CT molecular complexity index is 4410. The average molecular weight is 976 g/mol. The van der Waals surface area contributed by atoms with E-state index in [9.17, 15) is 10.1 Å². The van der Waals surface area contributed by atoms with Crippen LogP contribution in [0.2, 0.25) is 0 Å². The Morgan fingerprint density at radius 2 is 0.747 bits per heavy atom. The van der Waals surface area contributed by atoms with Crippen molar-refractivity contribution in [3.05, 3.63) is 214 Å². The number of aromatic nitrogens is 4. The third kappa shape index (κ3) is 7.54. The average Bonchev–Trinajstić information content (AvgIpc) is 4.36. The van der Waals surface area contributed by atoms with Crippen LogP contribution >= 0.6 is 0 Å². The Labute approximate surface area is 432 Å². The van der Waals surface area contributed by atoms with Gasteiger partial charge in [-0.2, -0.15) is 0 Å². The zero-order chi connectivity index (χ0) is 51.2. The normalized spacial score (nSPS) is 12.1. The highest BCUT2D eigenvalue weighted by Gasteiger charge is 2.31. The molecule has 0 fully saturated rings. The topological polar surface area (TPSA) is 119 Å². The molecule has 0 unspecified atom stereocenters. The molecule has 0 aliphatic carbocycles. The van der Waals surface area contributed by atoms with Gasteiger partial charge in [0.15, 0.2) is 5.69 Å². The van der Waals surface area contributed by atoms with Crippen molar-refractivity contribution in [3.63, 3.8) is 0 Å². The molecule has 0 atom stereocenters. The van der Waals surface area contributed by atoms with Crippen LogP contribution in [0.25, 0.3) is 133 Å². The first-order valence-corrected chi connectivity index (χ1v) is 25.0. The van der Waals surface area contributed by atoms with Crippen molar-refractivity contribution in [1.82, 2.24) is 19.9 Å². The summed E-state index contributed by atoms with van der Waals surface area (Å²) in [5.74, 6) is 1.52. The lowest BCUT2D eigenvalue weighted by Crippen LogP contribution is -1.98. The van der Waals surface area contributed by atoms with E-state index in [1.165, 1.54) is 0 Å². The molecular weight excluding hydrogens is 927 g/mol. The van der Waals surface area contributed by atoms with Crippen molar-refractivity contribution in [2.24, 2.45) is 0 Å². The van der Waals surface area contributed by atoms with Gasteiger partial charge in [-0.15, -0.1) is 0 Å². The standard InChI is InChI=1S/C66H49N5O4/c1-36-7-15-40(16-8-36)60-54-27-28-55(67-54)61(41-17-9-37(2)10-18-41)64-52-33-50-48-31-44(74-5)23-25-46(48)47-26-24-45(75-6)32-49(47)51(50)34-53(52)65(70-64)62(42-19-11-38(3)12-20-42)56-29-30-57(68-56)63(43-21-13-39(4)14-22-43)66-59(71(72)73)35-58(60)69-66/h7-35,67-68H,1-6H3. The Morgan fingerprint density at radius 1 is 0.400 bits per heavy atom. The van der Waals surface area contributed by atoms with Gasteiger partial charge in [-0.05, 0) is 143 Å². The van der Waals surface area contributed by atoms with Crippen LogP contribution in [0.5, 0.6) is 11.5 Å². The number of aryl methyl sites for hydroxylation is 4. The molecule has 9 nitrogen and oxygen atoms in total. The molecule has 8 bridgehead atoms. The molecule has 2 aliphatic rings. The maximum Gasteiger partial charge on any atom is 0.297 e. The molecule has 3 aromatic heterocycles. The van der Waals surface area contributed by atoms with Crippen LogP contribution < -0.4 is 9.47 Å². The molecule has 8 aromatic carbocycles. The molecule has 0 amide bonds. The highest BCUT2D eigenvalue weighted by Crippen LogP contribution is 2.51. The first-order valence-electron chi connectivity index (χ1n) is 25.0.